The number of hydrogen-bond donors (Lipinski definition) is 4. The van der Waals surface area contributed by atoms with Crippen LogP contribution in [0.3, 0.4) is 0 Å². The first-order valence-corrected chi connectivity index (χ1v) is 7.82. The number of aliphatic hydroxyl groups excluding tert-OH is 2. The zero-order chi connectivity index (χ0) is 15.7. The largest absolute Gasteiger partial charge is 0.395 e. The Morgan fingerprint density at radius 1 is 0.905 bits per heavy atom. The molecule has 2 aromatic carbocycles. The van der Waals surface area contributed by atoms with Gasteiger partial charge in [0.15, 0.2) is 0 Å². The molecular weight excluding hydrogens is 294 g/mol. The molecule has 0 aromatic heterocycles. The average Bonchev–Trinajstić information content (AvgIpc) is 2.47. The van der Waals surface area contributed by atoms with Crippen molar-refractivity contribution < 1.29 is 23.2 Å². The van der Waals surface area contributed by atoms with Crippen LogP contribution in [0.15, 0.2) is 47.4 Å². The summed E-state index contributed by atoms with van der Waals surface area (Å²) in [7, 11) is -4.13. The Hall–Kier alpha value is -1.51. The third-order valence-corrected chi connectivity index (χ3v) is 3.52. The molecule has 0 atom stereocenters. The zero-order valence-corrected chi connectivity index (χ0v) is 12.3. The average molecular weight is 313 g/mol. The van der Waals surface area contributed by atoms with Gasteiger partial charge in [-0.1, -0.05) is 36.4 Å². The van der Waals surface area contributed by atoms with Gasteiger partial charge in [0.1, 0.15) is 4.90 Å². The van der Waals surface area contributed by atoms with E-state index in [9.17, 15) is 8.42 Å². The van der Waals surface area contributed by atoms with Gasteiger partial charge in [0.25, 0.3) is 10.1 Å². The summed E-state index contributed by atoms with van der Waals surface area (Å²) in [5.74, 6) is 0. The predicted molar refractivity (Wildman–Crippen MR) is 80.8 cm³/mol. The number of aliphatic hydroxyl groups is 2. The number of fused-ring (bicyclic) bond motifs is 1. The summed E-state index contributed by atoms with van der Waals surface area (Å²) in [6, 6.07) is 11.8. The third-order valence-electron chi connectivity index (χ3n) is 2.60. The van der Waals surface area contributed by atoms with E-state index in [4.69, 9.17) is 14.8 Å². The highest BCUT2D eigenvalue weighted by Crippen LogP contribution is 2.21. The zero-order valence-electron chi connectivity index (χ0n) is 11.4. The van der Waals surface area contributed by atoms with Crippen molar-refractivity contribution in [1.29, 1.82) is 0 Å². The van der Waals surface area contributed by atoms with Crippen LogP contribution in [0, 0.1) is 0 Å². The Labute approximate surface area is 123 Å². The summed E-state index contributed by atoms with van der Waals surface area (Å²) in [6.07, 6.45) is 0. The van der Waals surface area contributed by atoms with E-state index in [1.807, 2.05) is 6.07 Å². The SMILES string of the molecule is O=S(=O)(O)c1cccc2ccccc12.OCCNCCO. The molecular formula is C14H19NO5S. The van der Waals surface area contributed by atoms with Crippen molar-refractivity contribution in [3.63, 3.8) is 0 Å². The Morgan fingerprint density at radius 2 is 1.48 bits per heavy atom. The van der Waals surface area contributed by atoms with Crippen molar-refractivity contribution in [2.45, 2.75) is 4.90 Å². The van der Waals surface area contributed by atoms with Gasteiger partial charge in [0, 0.05) is 18.5 Å². The van der Waals surface area contributed by atoms with Gasteiger partial charge in [-0.15, -0.1) is 0 Å². The molecule has 0 amide bonds. The fourth-order valence-corrected chi connectivity index (χ4v) is 2.42. The molecule has 0 aliphatic rings. The molecule has 7 heteroatoms. The van der Waals surface area contributed by atoms with E-state index in [0.717, 1.165) is 5.39 Å². The summed E-state index contributed by atoms with van der Waals surface area (Å²) in [6.45, 7) is 1.42. The molecule has 116 valence electrons. The molecule has 0 spiro atoms. The minimum Gasteiger partial charge on any atom is -0.395 e. The molecule has 0 unspecified atom stereocenters. The summed E-state index contributed by atoms with van der Waals surface area (Å²) >= 11 is 0. The van der Waals surface area contributed by atoms with Crippen molar-refractivity contribution in [3.8, 4) is 0 Å². The van der Waals surface area contributed by atoms with Gasteiger partial charge in [0.05, 0.1) is 13.2 Å². The first-order valence-electron chi connectivity index (χ1n) is 6.38. The molecule has 2 rings (SSSR count). The first-order chi connectivity index (χ1) is 10.0. The van der Waals surface area contributed by atoms with Gasteiger partial charge in [-0.2, -0.15) is 8.42 Å². The maximum Gasteiger partial charge on any atom is 0.295 e. The van der Waals surface area contributed by atoms with E-state index >= 15 is 0 Å². The Kier molecular flexibility index (Phi) is 7.27. The van der Waals surface area contributed by atoms with E-state index in [1.54, 1.807) is 30.3 Å². The van der Waals surface area contributed by atoms with Gasteiger partial charge in [-0.3, -0.25) is 4.55 Å². The molecule has 0 fully saturated rings. The second-order valence-corrected chi connectivity index (χ2v) is 5.54. The van der Waals surface area contributed by atoms with E-state index in [1.165, 1.54) is 6.07 Å². The van der Waals surface area contributed by atoms with Gasteiger partial charge < -0.3 is 15.5 Å². The Bertz CT molecular complexity index is 648. The quantitative estimate of drug-likeness (QED) is 0.477. The van der Waals surface area contributed by atoms with Crippen LogP contribution in [0.1, 0.15) is 0 Å². The van der Waals surface area contributed by atoms with Crippen molar-refractivity contribution in [3.05, 3.63) is 42.5 Å². The lowest BCUT2D eigenvalue weighted by Gasteiger charge is -2.02. The maximum absolute atomic E-state index is 11.0. The number of benzene rings is 2. The molecule has 6 nitrogen and oxygen atoms in total. The highest BCUT2D eigenvalue weighted by Gasteiger charge is 2.12. The minimum absolute atomic E-state index is 0.0457. The standard InChI is InChI=1S/C10H8O3S.C4H11NO2/c11-14(12,13)10-7-3-5-8-4-1-2-6-9(8)10;6-3-1-5-2-4-7/h1-7H,(H,11,12,13);5-7H,1-4H2. The Balaban J connectivity index is 0.000000270. The number of hydrogen-bond acceptors (Lipinski definition) is 5. The highest BCUT2D eigenvalue weighted by molar-refractivity contribution is 7.86. The minimum atomic E-state index is -4.13. The normalized spacial score (nSPS) is 11.0. The van der Waals surface area contributed by atoms with Crippen LogP contribution < -0.4 is 5.32 Å². The molecule has 0 radical (unpaired) electrons. The maximum atomic E-state index is 11.0. The fraction of sp³-hybridized carbons (Fsp3) is 0.286. The molecule has 0 aliphatic carbocycles. The monoisotopic (exact) mass is 313 g/mol. The van der Waals surface area contributed by atoms with Crippen LogP contribution in [0.4, 0.5) is 0 Å². The lowest BCUT2D eigenvalue weighted by atomic mass is 10.1. The summed E-state index contributed by atoms with van der Waals surface area (Å²) in [5, 5.41) is 20.4. The molecule has 21 heavy (non-hydrogen) atoms. The molecule has 0 saturated heterocycles. The third kappa shape index (κ3) is 5.78. The topological polar surface area (TPSA) is 107 Å². The molecule has 0 heterocycles. The number of rotatable bonds is 5. The molecule has 0 aliphatic heterocycles. The van der Waals surface area contributed by atoms with Crippen LogP contribution in [-0.2, 0) is 10.1 Å². The van der Waals surface area contributed by atoms with Crippen LogP contribution in [0.5, 0.6) is 0 Å². The Morgan fingerprint density at radius 3 is 2.05 bits per heavy atom. The van der Waals surface area contributed by atoms with Crippen LogP contribution in [0.25, 0.3) is 10.8 Å². The second-order valence-electron chi connectivity index (χ2n) is 4.15. The van der Waals surface area contributed by atoms with Crippen molar-refractivity contribution in [1.82, 2.24) is 5.32 Å². The van der Waals surface area contributed by atoms with Crippen LogP contribution in [0.2, 0.25) is 0 Å². The van der Waals surface area contributed by atoms with E-state index in [-0.39, 0.29) is 18.1 Å². The highest BCUT2D eigenvalue weighted by atomic mass is 32.2. The van der Waals surface area contributed by atoms with Crippen molar-refractivity contribution >= 4 is 20.9 Å². The van der Waals surface area contributed by atoms with Gasteiger partial charge >= 0.3 is 0 Å². The van der Waals surface area contributed by atoms with E-state index in [0.29, 0.717) is 18.5 Å². The first kappa shape index (κ1) is 17.5. The lowest BCUT2D eigenvalue weighted by molar-refractivity contribution is 0.266. The number of nitrogens with one attached hydrogen (secondary N) is 1. The predicted octanol–water partition coefficient (Wildman–Crippen LogP) is 0.647. The van der Waals surface area contributed by atoms with Gasteiger partial charge in [-0.25, -0.2) is 0 Å². The fourth-order valence-electron chi connectivity index (χ4n) is 1.70. The van der Waals surface area contributed by atoms with E-state index in [2.05, 4.69) is 5.32 Å². The molecule has 0 saturated carbocycles. The van der Waals surface area contributed by atoms with Gasteiger partial charge in [-0.05, 0) is 11.5 Å². The summed E-state index contributed by atoms with van der Waals surface area (Å²) in [4.78, 5) is -0.0457. The molecule has 2 aromatic rings. The summed E-state index contributed by atoms with van der Waals surface area (Å²) < 4.78 is 31.0. The smallest absolute Gasteiger partial charge is 0.295 e. The van der Waals surface area contributed by atoms with Crippen LogP contribution >= 0.6 is 0 Å². The second kappa shape index (κ2) is 8.71. The summed E-state index contributed by atoms with van der Waals surface area (Å²) in [5.41, 5.74) is 0. The molecule has 0 bridgehead atoms. The van der Waals surface area contributed by atoms with Crippen LogP contribution in [-0.4, -0.2) is 49.5 Å². The van der Waals surface area contributed by atoms with E-state index < -0.39 is 10.1 Å². The lowest BCUT2D eigenvalue weighted by Crippen LogP contribution is -2.21. The van der Waals surface area contributed by atoms with Crippen molar-refractivity contribution in [2.75, 3.05) is 26.3 Å². The van der Waals surface area contributed by atoms with Crippen molar-refractivity contribution in [2.24, 2.45) is 0 Å². The van der Waals surface area contributed by atoms with Gasteiger partial charge in [0.2, 0.25) is 0 Å². The molecule has 4 N–H and O–H groups in total.